The van der Waals surface area contributed by atoms with Gasteiger partial charge < -0.3 is 14.7 Å². The van der Waals surface area contributed by atoms with E-state index >= 15 is 0 Å². The zero-order valence-corrected chi connectivity index (χ0v) is 13.6. The molecule has 0 radical (unpaired) electrons. The van der Waals surface area contributed by atoms with Gasteiger partial charge in [-0.05, 0) is 24.1 Å². The fourth-order valence-corrected chi connectivity index (χ4v) is 2.47. The van der Waals surface area contributed by atoms with Gasteiger partial charge in [0, 0.05) is 19.5 Å². The van der Waals surface area contributed by atoms with Gasteiger partial charge in [0.2, 0.25) is 0 Å². The average Bonchev–Trinajstić information content (AvgIpc) is 2.61. The molecule has 126 valence electrons. The molecule has 0 aromatic heterocycles. The van der Waals surface area contributed by atoms with E-state index in [2.05, 4.69) is 0 Å². The molecule has 0 fully saturated rings. The summed E-state index contributed by atoms with van der Waals surface area (Å²) in [5, 5.41) is 8.83. The number of carboxylic acids is 1. The Morgan fingerprint density at radius 3 is 2.38 bits per heavy atom. The molecule has 2 aromatic rings. The van der Waals surface area contributed by atoms with Crippen LogP contribution in [0.5, 0.6) is 5.75 Å². The van der Waals surface area contributed by atoms with Gasteiger partial charge in [0.15, 0.2) is 0 Å². The normalized spacial score (nSPS) is 10.2. The number of carbonyl (C=O) groups is 2. The number of amides is 1. The van der Waals surface area contributed by atoms with Crippen LogP contribution in [0.3, 0.4) is 0 Å². The van der Waals surface area contributed by atoms with Crippen molar-refractivity contribution in [3.8, 4) is 5.75 Å². The van der Waals surface area contributed by atoms with Crippen LogP contribution in [0, 0.1) is 0 Å². The first kappa shape index (κ1) is 17.5. The maximum Gasteiger partial charge on any atom is 0.303 e. The summed E-state index contributed by atoms with van der Waals surface area (Å²) in [7, 11) is 1.53. The Kier molecular flexibility index (Phi) is 6.37. The molecule has 0 saturated carbocycles. The van der Waals surface area contributed by atoms with Crippen LogP contribution in [-0.2, 0) is 11.3 Å². The molecule has 0 spiro atoms. The van der Waals surface area contributed by atoms with Crippen LogP contribution in [-0.4, -0.2) is 35.5 Å². The van der Waals surface area contributed by atoms with Crippen molar-refractivity contribution in [2.45, 2.75) is 19.4 Å². The van der Waals surface area contributed by atoms with Crippen molar-refractivity contribution in [3.05, 3.63) is 65.7 Å². The van der Waals surface area contributed by atoms with Gasteiger partial charge in [0.05, 0.1) is 12.7 Å². The van der Waals surface area contributed by atoms with Gasteiger partial charge in [0.25, 0.3) is 5.91 Å². The Bertz CT molecular complexity index is 685. The maximum atomic E-state index is 12.9. The molecular weight excluding hydrogens is 306 g/mol. The van der Waals surface area contributed by atoms with Crippen LogP contribution in [0.15, 0.2) is 54.6 Å². The van der Waals surface area contributed by atoms with Crippen LogP contribution in [0.1, 0.15) is 28.8 Å². The van der Waals surface area contributed by atoms with Gasteiger partial charge in [-0.1, -0.05) is 42.5 Å². The van der Waals surface area contributed by atoms with Gasteiger partial charge in [-0.3, -0.25) is 9.59 Å². The molecule has 0 atom stereocenters. The smallest absolute Gasteiger partial charge is 0.303 e. The van der Waals surface area contributed by atoms with E-state index in [4.69, 9.17) is 9.84 Å². The molecule has 5 heteroatoms. The number of benzene rings is 2. The number of methoxy groups -OCH3 is 1. The summed E-state index contributed by atoms with van der Waals surface area (Å²) in [6, 6.07) is 16.7. The third kappa shape index (κ3) is 4.84. The van der Waals surface area contributed by atoms with Crippen LogP contribution in [0.4, 0.5) is 0 Å². The number of carboxylic acid groups (broad SMARTS) is 1. The average molecular weight is 327 g/mol. The summed E-state index contributed by atoms with van der Waals surface area (Å²) in [5.74, 6) is -0.514. The summed E-state index contributed by atoms with van der Waals surface area (Å²) in [5.41, 5.74) is 1.47. The number of nitrogens with zero attached hydrogens (tertiary/aromatic N) is 1. The van der Waals surface area contributed by atoms with E-state index in [1.165, 1.54) is 7.11 Å². The van der Waals surface area contributed by atoms with E-state index in [0.29, 0.717) is 30.8 Å². The quantitative estimate of drug-likeness (QED) is 0.808. The van der Waals surface area contributed by atoms with Gasteiger partial charge in [-0.15, -0.1) is 0 Å². The lowest BCUT2D eigenvalue weighted by Gasteiger charge is -2.23. The standard InChI is InChI=1S/C19H21NO4/c1-24-17-11-6-5-10-16(17)19(23)20(13-7-12-18(21)22)14-15-8-3-2-4-9-15/h2-6,8-11H,7,12-14H2,1H3,(H,21,22). The van der Waals surface area contributed by atoms with Crippen molar-refractivity contribution in [1.29, 1.82) is 0 Å². The summed E-state index contributed by atoms with van der Waals surface area (Å²) in [4.78, 5) is 25.3. The second-order valence-corrected chi connectivity index (χ2v) is 5.41. The van der Waals surface area contributed by atoms with Crippen molar-refractivity contribution >= 4 is 11.9 Å². The number of hydrogen-bond donors (Lipinski definition) is 1. The van der Waals surface area contributed by atoms with Gasteiger partial charge in [-0.25, -0.2) is 0 Å². The molecule has 0 saturated heterocycles. The minimum Gasteiger partial charge on any atom is -0.496 e. The van der Waals surface area contributed by atoms with Gasteiger partial charge in [0.1, 0.15) is 5.75 Å². The second kappa shape index (κ2) is 8.72. The number of aliphatic carboxylic acids is 1. The van der Waals surface area contributed by atoms with Crippen LogP contribution in [0.25, 0.3) is 0 Å². The van der Waals surface area contributed by atoms with Crippen molar-refractivity contribution in [1.82, 2.24) is 4.90 Å². The molecule has 0 aliphatic carbocycles. The number of hydrogen-bond acceptors (Lipinski definition) is 3. The fourth-order valence-electron chi connectivity index (χ4n) is 2.47. The second-order valence-electron chi connectivity index (χ2n) is 5.41. The first-order chi connectivity index (χ1) is 11.6. The van der Waals surface area contributed by atoms with Crippen molar-refractivity contribution in [2.24, 2.45) is 0 Å². The third-order valence-electron chi connectivity index (χ3n) is 3.66. The van der Waals surface area contributed by atoms with E-state index in [0.717, 1.165) is 5.56 Å². The monoisotopic (exact) mass is 327 g/mol. The molecule has 2 rings (SSSR count). The highest BCUT2D eigenvalue weighted by molar-refractivity contribution is 5.96. The predicted molar refractivity (Wildman–Crippen MR) is 91.0 cm³/mol. The lowest BCUT2D eigenvalue weighted by atomic mass is 10.1. The van der Waals surface area contributed by atoms with E-state index in [1.54, 1.807) is 23.1 Å². The Labute approximate surface area is 141 Å². The van der Waals surface area contributed by atoms with Gasteiger partial charge >= 0.3 is 5.97 Å². The lowest BCUT2D eigenvalue weighted by molar-refractivity contribution is -0.137. The minimum atomic E-state index is -0.862. The van der Waals surface area contributed by atoms with E-state index in [-0.39, 0.29) is 12.3 Å². The highest BCUT2D eigenvalue weighted by Crippen LogP contribution is 2.20. The van der Waals surface area contributed by atoms with E-state index in [1.807, 2.05) is 36.4 Å². The molecule has 0 heterocycles. The van der Waals surface area contributed by atoms with E-state index < -0.39 is 5.97 Å². The van der Waals surface area contributed by atoms with Crippen LogP contribution < -0.4 is 4.74 Å². The Morgan fingerprint density at radius 1 is 1.04 bits per heavy atom. The summed E-state index contributed by atoms with van der Waals surface area (Å²) < 4.78 is 5.27. The highest BCUT2D eigenvalue weighted by atomic mass is 16.5. The molecule has 0 unspecified atom stereocenters. The Hall–Kier alpha value is -2.82. The number of para-hydroxylation sites is 1. The van der Waals surface area contributed by atoms with Crippen LogP contribution in [0.2, 0.25) is 0 Å². The van der Waals surface area contributed by atoms with Gasteiger partial charge in [-0.2, -0.15) is 0 Å². The highest BCUT2D eigenvalue weighted by Gasteiger charge is 2.19. The van der Waals surface area contributed by atoms with E-state index in [9.17, 15) is 9.59 Å². The molecule has 0 aliphatic rings. The molecule has 5 nitrogen and oxygen atoms in total. The lowest BCUT2D eigenvalue weighted by Crippen LogP contribution is -2.32. The minimum absolute atomic E-state index is 0.0322. The largest absolute Gasteiger partial charge is 0.496 e. The molecule has 1 amide bonds. The van der Waals surface area contributed by atoms with Crippen LogP contribution >= 0.6 is 0 Å². The molecule has 1 N–H and O–H groups in total. The predicted octanol–water partition coefficient (Wildman–Crippen LogP) is 3.20. The topological polar surface area (TPSA) is 66.8 Å². The zero-order chi connectivity index (χ0) is 17.4. The molecule has 24 heavy (non-hydrogen) atoms. The first-order valence-electron chi connectivity index (χ1n) is 7.80. The fraction of sp³-hybridized carbons (Fsp3) is 0.263. The molecular formula is C19H21NO4. The summed E-state index contributed by atoms with van der Waals surface area (Å²) >= 11 is 0. The number of rotatable bonds is 8. The maximum absolute atomic E-state index is 12.9. The Morgan fingerprint density at radius 2 is 1.71 bits per heavy atom. The summed E-state index contributed by atoms with van der Waals surface area (Å²) in [6.45, 7) is 0.801. The molecule has 2 aromatic carbocycles. The number of carbonyl (C=O) groups excluding carboxylic acids is 1. The van der Waals surface area contributed by atoms with Crippen molar-refractivity contribution in [3.63, 3.8) is 0 Å². The number of ether oxygens (including phenoxy) is 1. The van der Waals surface area contributed by atoms with Crippen molar-refractivity contribution in [2.75, 3.05) is 13.7 Å². The first-order valence-corrected chi connectivity index (χ1v) is 7.80. The van der Waals surface area contributed by atoms with Crippen molar-refractivity contribution < 1.29 is 19.4 Å². The zero-order valence-electron chi connectivity index (χ0n) is 13.6. The third-order valence-corrected chi connectivity index (χ3v) is 3.66. The Balaban J connectivity index is 2.19. The molecule has 0 aliphatic heterocycles. The molecule has 0 bridgehead atoms. The SMILES string of the molecule is COc1ccccc1C(=O)N(CCCC(=O)O)Cc1ccccc1. The summed E-state index contributed by atoms with van der Waals surface area (Å²) in [6.07, 6.45) is 0.438.